The lowest BCUT2D eigenvalue weighted by molar-refractivity contribution is -0.138. The SMILES string of the molecule is O=C(c1nc2c(C(F)(F)F)cc(C3CC3)cn2c1Cl)N1CCN(C2C[C@@H]3C[C@@H]3C2)C(=O)C1. The van der Waals surface area contributed by atoms with Gasteiger partial charge in [0.2, 0.25) is 5.91 Å². The van der Waals surface area contributed by atoms with Crippen LogP contribution in [0.1, 0.15) is 59.6 Å². The molecule has 0 radical (unpaired) electrons. The largest absolute Gasteiger partial charge is 0.419 e. The number of aromatic nitrogens is 2. The molecule has 1 aliphatic heterocycles. The first-order valence-electron chi connectivity index (χ1n) is 11.1. The van der Waals surface area contributed by atoms with Gasteiger partial charge in [-0.1, -0.05) is 11.6 Å². The summed E-state index contributed by atoms with van der Waals surface area (Å²) in [6.07, 6.45) is 1.91. The van der Waals surface area contributed by atoms with Gasteiger partial charge in [0, 0.05) is 25.3 Å². The maximum Gasteiger partial charge on any atom is 0.419 e. The summed E-state index contributed by atoms with van der Waals surface area (Å²) in [6, 6.07) is 1.36. The lowest BCUT2D eigenvalue weighted by Crippen LogP contribution is -2.55. The van der Waals surface area contributed by atoms with Crippen LogP contribution in [0, 0.1) is 11.8 Å². The van der Waals surface area contributed by atoms with Crippen LogP contribution in [0.2, 0.25) is 5.15 Å². The van der Waals surface area contributed by atoms with Gasteiger partial charge in [-0.3, -0.25) is 14.0 Å². The fourth-order valence-electron chi connectivity index (χ4n) is 5.46. The third-order valence-corrected chi connectivity index (χ3v) is 7.80. The van der Waals surface area contributed by atoms with Crippen molar-refractivity contribution in [3.05, 3.63) is 34.2 Å². The Hall–Kier alpha value is -2.29. The maximum atomic E-state index is 13.7. The van der Waals surface area contributed by atoms with Gasteiger partial charge in [-0.15, -0.1) is 0 Å². The van der Waals surface area contributed by atoms with Crippen molar-refractivity contribution in [2.75, 3.05) is 19.6 Å². The molecular weight excluding hydrogens is 445 g/mol. The highest BCUT2D eigenvalue weighted by Gasteiger charge is 2.49. The average Bonchev–Trinajstić information content (AvgIpc) is 3.66. The van der Waals surface area contributed by atoms with Crippen LogP contribution in [-0.4, -0.2) is 56.7 Å². The number of pyridine rings is 1. The molecule has 3 heterocycles. The zero-order valence-corrected chi connectivity index (χ0v) is 18.0. The number of halogens is 4. The molecule has 4 fully saturated rings. The molecule has 10 heteroatoms. The Labute approximate surface area is 187 Å². The zero-order valence-electron chi connectivity index (χ0n) is 17.2. The van der Waals surface area contributed by atoms with Crippen molar-refractivity contribution in [1.29, 1.82) is 0 Å². The minimum Gasteiger partial charge on any atom is -0.336 e. The molecule has 0 N–H and O–H groups in total. The number of alkyl halides is 3. The molecule has 2 aromatic rings. The monoisotopic (exact) mass is 466 g/mol. The molecule has 3 atom stereocenters. The van der Waals surface area contributed by atoms with E-state index in [1.807, 2.05) is 4.90 Å². The molecule has 1 saturated heterocycles. The van der Waals surface area contributed by atoms with Gasteiger partial charge in [-0.05, 0) is 61.5 Å². The number of nitrogens with zero attached hydrogens (tertiary/aromatic N) is 4. The highest BCUT2D eigenvalue weighted by Crippen LogP contribution is 2.53. The van der Waals surface area contributed by atoms with Crippen molar-refractivity contribution >= 4 is 29.1 Å². The summed E-state index contributed by atoms with van der Waals surface area (Å²) in [5.41, 5.74) is -0.982. The minimum atomic E-state index is -4.62. The number of carbonyl (C=O) groups excluding carboxylic acids is 2. The second kappa shape index (κ2) is 6.85. The summed E-state index contributed by atoms with van der Waals surface area (Å²) >= 11 is 6.37. The van der Waals surface area contributed by atoms with Crippen LogP contribution in [0.3, 0.4) is 0 Å². The standard InChI is InChI=1S/C22H22ClF3N4O2/c23-19-18(27-20-16(22(24,25)26)8-14(9-30(19)20)11-1-2-11)21(32)28-3-4-29(17(31)10-28)15-6-12-5-13(12)7-15/h8-9,11-13,15H,1-7,10H2/t12-,13+,15?. The van der Waals surface area contributed by atoms with E-state index in [-0.39, 0.29) is 40.9 Å². The van der Waals surface area contributed by atoms with Crippen LogP contribution in [0.15, 0.2) is 12.3 Å². The van der Waals surface area contributed by atoms with E-state index >= 15 is 0 Å². The van der Waals surface area contributed by atoms with Crippen LogP contribution in [-0.2, 0) is 11.0 Å². The van der Waals surface area contributed by atoms with Gasteiger partial charge < -0.3 is 9.80 Å². The topological polar surface area (TPSA) is 57.9 Å². The summed E-state index contributed by atoms with van der Waals surface area (Å²) < 4.78 is 42.3. The van der Waals surface area contributed by atoms with Crippen molar-refractivity contribution in [1.82, 2.24) is 19.2 Å². The summed E-state index contributed by atoms with van der Waals surface area (Å²) in [6.45, 7) is 0.647. The fourth-order valence-corrected chi connectivity index (χ4v) is 5.71. The van der Waals surface area contributed by atoms with E-state index in [1.165, 1.54) is 11.3 Å². The minimum absolute atomic E-state index is 0.0745. The summed E-state index contributed by atoms with van der Waals surface area (Å²) in [7, 11) is 0. The second-order valence-electron chi connectivity index (χ2n) is 9.60. The second-order valence-corrected chi connectivity index (χ2v) is 9.96. The van der Waals surface area contributed by atoms with Crippen LogP contribution in [0.25, 0.3) is 5.65 Å². The van der Waals surface area contributed by atoms with Gasteiger partial charge in [-0.2, -0.15) is 13.2 Å². The van der Waals surface area contributed by atoms with E-state index in [0.717, 1.165) is 48.0 Å². The Kier molecular flexibility index (Phi) is 4.35. The quantitative estimate of drug-likeness (QED) is 0.688. The van der Waals surface area contributed by atoms with Crippen LogP contribution < -0.4 is 0 Å². The Morgan fingerprint density at radius 1 is 1.12 bits per heavy atom. The smallest absolute Gasteiger partial charge is 0.336 e. The van der Waals surface area contributed by atoms with E-state index in [0.29, 0.717) is 18.7 Å². The molecule has 1 unspecified atom stereocenters. The first-order chi connectivity index (χ1) is 15.2. The predicted molar refractivity (Wildman–Crippen MR) is 109 cm³/mol. The third-order valence-electron chi connectivity index (χ3n) is 7.44. The fraction of sp³-hybridized carbons (Fsp3) is 0.591. The molecule has 3 saturated carbocycles. The van der Waals surface area contributed by atoms with E-state index in [1.54, 1.807) is 6.20 Å². The lowest BCUT2D eigenvalue weighted by atomic mass is 10.1. The van der Waals surface area contributed by atoms with Crippen LogP contribution in [0.4, 0.5) is 13.2 Å². The number of fused-ring (bicyclic) bond motifs is 2. The summed E-state index contributed by atoms with van der Waals surface area (Å²) in [5.74, 6) is 0.829. The molecule has 6 rings (SSSR count). The lowest BCUT2D eigenvalue weighted by Gasteiger charge is -2.38. The number of rotatable bonds is 3. The molecule has 2 aromatic heterocycles. The number of hydrogen-bond acceptors (Lipinski definition) is 3. The van der Waals surface area contributed by atoms with Gasteiger partial charge in [0.15, 0.2) is 11.3 Å². The summed E-state index contributed by atoms with van der Waals surface area (Å²) in [4.78, 5) is 33.1. The highest BCUT2D eigenvalue weighted by molar-refractivity contribution is 6.33. The Morgan fingerprint density at radius 2 is 1.84 bits per heavy atom. The number of amides is 2. The van der Waals surface area contributed by atoms with Crippen molar-refractivity contribution < 1.29 is 22.8 Å². The molecule has 0 bridgehead atoms. The van der Waals surface area contributed by atoms with Crippen molar-refractivity contribution in [2.45, 2.75) is 50.2 Å². The van der Waals surface area contributed by atoms with Gasteiger partial charge in [-0.25, -0.2) is 4.98 Å². The average molecular weight is 467 g/mol. The maximum absolute atomic E-state index is 13.7. The number of imidazole rings is 1. The molecule has 2 amide bonds. The van der Waals surface area contributed by atoms with Gasteiger partial charge >= 0.3 is 6.18 Å². The molecular formula is C22H22ClF3N4O2. The molecule has 3 aliphatic carbocycles. The van der Waals surface area contributed by atoms with Gasteiger partial charge in [0.1, 0.15) is 11.7 Å². The Bertz CT molecular complexity index is 1130. The molecule has 32 heavy (non-hydrogen) atoms. The van der Waals surface area contributed by atoms with E-state index in [2.05, 4.69) is 4.98 Å². The molecule has 0 aromatic carbocycles. The normalized spacial score (nSPS) is 27.9. The molecule has 4 aliphatic rings. The number of hydrogen-bond donors (Lipinski definition) is 0. The number of piperazine rings is 1. The van der Waals surface area contributed by atoms with Gasteiger partial charge in [0.25, 0.3) is 5.91 Å². The Morgan fingerprint density at radius 3 is 2.47 bits per heavy atom. The van der Waals surface area contributed by atoms with Crippen molar-refractivity contribution in [2.24, 2.45) is 11.8 Å². The van der Waals surface area contributed by atoms with Crippen LogP contribution in [0.5, 0.6) is 0 Å². The van der Waals surface area contributed by atoms with Crippen molar-refractivity contribution in [3.63, 3.8) is 0 Å². The molecule has 0 spiro atoms. The van der Waals surface area contributed by atoms with Crippen LogP contribution >= 0.6 is 11.6 Å². The number of carbonyl (C=O) groups is 2. The Balaban J connectivity index is 1.28. The van der Waals surface area contributed by atoms with E-state index in [4.69, 9.17) is 11.6 Å². The molecule has 170 valence electrons. The highest BCUT2D eigenvalue weighted by atomic mass is 35.5. The predicted octanol–water partition coefficient (Wildman–Crippen LogP) is 3.97. The van der Waals surface area contributed by atoms with Crippen molar-refractivity contribution in [3.8, 4) is 0 Å². The van der Waals surface area contributed by atoms with Gasteiger partial charge in [0.05, 0.1) is 5.56 Å². The zero-order chi connectivity index (χ0) is 22.4. The summed E-state index contributed by atoms with van der Waals surface area (Å²) in [5, 5.41) is -0.149. The van der Waals surface area contributed by atoms with E-state index in [9.17, 15) is 22.8 Å². The first-order valence-corrected chi connectivity index (χ1v) is 11.5. The van der Waals surface area contributed by atoms with E-state index < -0.39 is 17.6 Å². The first kappa shape index (κ1) is 20.3. The third kappa shape index (κ3) is 3.27. The molecule has 6 nitrogen and oxygen atoms in total.